The third kappa shape index (κ3) is 2.63. The van der Waals surface area contributed by atoms with Crippen molar-refractivity contribution in [1.29, 1.82) is 0 Å². The van der Waals surface area contributed by atoms with Crippen LogP contribution in [0.15, 0.2) is 24.3 Å². The molecular weight excluding hydrogens is 290 g/mol. The Kier molecular flexibility index (Phi) is 3.60. The Morgan fingerprint density at radius 1 is 1.39 bits per heavy atom. The van der Waals surface area contributed by atoms with E-state index >= 15 is 0 Å². The maximum Gasteiger partial charge on any atom is 0.181 e. The molecule has 0 atom stereocenters. The van der Waals surface area contributed by atoms with Gasteiger partial charge in [0.2, 0.25) is 0 Å². The summed E-state index contributed by atoms with van der Waals surface area (Å²) in [6.45, 7) is 4.49. The van der Waals surface area contributed by atoms with Crippen molar-refractivity contribution in [1.82, 2.24) is 14.8 Å². The number of aryl methyl sites for hydroxylation is 1. The van der Waals surface area contributed by atoms with Crippen LogP contribution in [0, 0.1) is 5.41 Å². The summed E-state index contributed by atoms with van der Waals surface area (Å²) < 4.78 is 13.1. The van der Waals surface area contributed by atoms with Gasteiger partial charge in [-0.05, 0) is 43.7 Å². The van der Waals surface area contributed by atoms with E-state index in [1.54, 1.807) is 0 Å². The van der Waals surface area contributed by atoms with Gasteiger partial charge in [0.15, 0.2) is 5.82 Å². The average Bonchev–Trinajstić information content (AvgIpc) is 3.13. The first kappa shape index (κ1) is 14.7. The highest BCUT2D eigenvalue weighted by Crippen LogP contribution is 2.55. The fourth-order valence-electron chi connectivity index (χ4n) is 3.91. The molecular formula is C18H23N3O2. The summed E-state index contributed by atoms with van der Waals surface area (Å²) in [5.41, 5.74) is 1.43. The molecule has 122 valence electrons. The maximum absolute atomic E-state index is 5.57. The minimum Gasteiger partial charge on any atom is -0.494 e. The second kappa shape index (κ2) is 5.64. The van der Waals surface area contributed by atoms with Gasteiger partial charge in [0.25, 0.3) is 0 Å². The van der Waals surface area contributed by atoms with Gasteiger partial charge in [-0.3, -0.25) is 4.68 Å². The molecule has 0 amide bonds. The highest BCUT2D eigenvalue weighted by Gasteiger charge is 2.48. The molecule has 0 bridgehead atoms. The third-order valence-corrected chi connectivity index (χ3v) is 5.11. The van der Waals surface area contributed by atoms with Gasteiger partial charge in [-0.1, -0.05) is 12.1 Å². The normalized spacial score (nSPS) is 26.4. The molecule has 0 unspecified atom stereocenters. The van der Waals surface area contributed by atoms with Gasteiger partial charge in [-0.15, -0.1) is 0 Å². The molecule has 0 radical (unpaired) electrons. The minimum absolute atomic E-state index is 0.422. The fourth-order valence-corrected chi connectivity index (χ4v) is 3.91. The van der Waals surface area contributed by atoms with E-state index < -0.39 is 0 Å². The van der Waals surface area contributed by atoms with Gasteiger partial charge >= 0.3 is 0 Å². The van der Waals surface area contributed by atoms with Crippen molar-refractivity contribution in [2.24, 2.45) is 12.5 Å². The van der Waals surface area contributed by atoms with Crippen LogP contribution in [0.2, 0.25) is 0 Å². The predicted octanol–water partition coefficient (Wildman–Crippen LogP) is 3.16. The van der Waals surface area contributed by atoms with Crippen molar-refractivity contribution in [2.75, 3.05) is 19.8 Å². The average molecular weight is 313 g/mol. The van der Waals surface area contributed by atoms with Crippen molar-refractivity contribution in [3.8, 4) is 17.1 Å². The zero-order valence-corrected chi connectivity index (χ0v) is 13.8. The minimum atomic E-state index is 0.422. The van der Waals surface area contributed by atoms with Crippen LogP contribution in [-0.2, 0) is 11.8 Å². The van der Waals surface area contributed by atoms with Gasteiger partial charge in [0, 0.05) is 25.1 Å². The van der Waals surface area contributed by atoms with Gasteiger partial charge in [-0.25, -0.2) is 4.98 Å². The van der Waals surface area contributed by atoms with Crippen LogP contribution in [0.5, 0.6) is 5.75 Å². The zero-order valence-electron chi connectivity index (χ0n) is 13.8. The standard InChI is InChI=1S/C18H23N3O2/c1-3-23-15-6-4-5-13(9-15)16-19-17(21(2)20-16)14-10-18(11-14)7-8-22-12-18/h4-6,9,14H,3,7-8,10-12H2,1-2H3. The van der Waals surface area contributed by atoms with E-state index in [9.17, 15) is 0 Å². The van der Waals surface area contributed by atoms with E-state index in [0.717, 1.165) is 36.2 Å². The molecule has 0 N–H and O–H groups in total. The van der Waals surface area contributed by atoms with Crippen LogP contribution >= 0.6 is 0 Å². The van der Waals surface area contributed by atoms with E-state index in [1.807, 2.05) is 42.9 Å². The first-order valence-electron chi connectivity index (χ1n) is 8.41. The molecule has 1 spiro atoms. The molecule has 2 aliphatic rings. The highest BCUT2D eigenvalue weighted by atomic mass is 16.5. The van der Waals surface area contributed by atoms with Crippen molar-refractivity contribution < 1.29 is 9.47 Å². The fraction of sp³-hybridized carbons (Fsp3) is 0.556. The van der Waals surface area contributed by atoms with E-state index in [-0.39, 0.29) is 0 Å². The number of rotatable bonds is 4. The maximum atomic E-state index is 5.57. The molecule has 1 aromatic carbocycles. The smallest absolute Gasteiger partial charge is 0.181 e. The Labute approximate surface area is 136 Å². The monoisotopic (exact) mass is 313 g/mol. The molecule has 2 aromatic rings. The first-order chi connectivity index (χ1) is 11.2. The van der Waals surface area contributed by atoms with Crippen LogP contribution in [-0.4, -0.2) is 34.6 Å². The predicted molar refractivity (Wildman–Crippen MR) is 87.5 cm³/mol. The SMILES string of the molecule is CCOc1cccc(-c2nc(C3CC4(CCOC4)C3)n(C)n2)c1. The Morgan fingerprint density at radius 2 is 2.26 bits per heavy atom. The second-order valence-corrected chi connectivity index (χ2v) is 6.79. The molecule has 5 heteroatoms. The third-order valence-electron chi connectivity index (χ3n) is 5.11. The number of hydrogen-bond donors (Lipinski definition) is 0. The summed E-state index contributed by atoms with van der Waals surface area (Å²) in [4.78, 5) is 4.81. The summed E-state index contributed by atoms with van der Waals surface area (Å²) in [6, 6.07) is 8.00. The summed E-state index contributed by atoms with van der Waals surface area (Å²) in [5, 5.41) is 4.62. The Bertz CT molecular complexity index is 696. The molecule has 1 aliphatic heterocycles. The second-order valence-electron chi connectivity index (χ2n) is 6.79. The lowest BCUT2D eigenvalue weighted by Crippen LogP contribution is -2.37. The van der Waals surface area contributed by atoms with Crippen molar-refractivity contribution in [3.63, 3.8) is 0 Å². The summed E-state index contributed by atoms with van der Waals surface area (Å²) in [5.74, 6) is 3.26. The van der Waals surface area contributed by atoms with E-state index in [1.165, 1.54) is 19.3 Å². The van der Waals surface area contributed by atoms with Crippen LogP contribution < -0.4 is 4.74 Å². The van der Waals surface area contributed by atoms with Crippen molar-refractivity contribution >= 4 is 0 Å². The topological polar surface area (TPSA) is 49.2 Å². The van der Waals surface area contributed by atoms with E-state index in [0.29, 0.717) is 17.9 Å². The van der Waals surface area contributed by atoms with Crippen LogP contribution in [0.25, 0.3) is 11.4 Å². The van der Waals surface area contributed by atoms with Crippen molar-refractivity contribution in [3.05, 3.63) is 30.1 Å². The Hall–Kier alpha value is -1.88. The molecule has 2 fully saturated rings. The number of ether oxygens (including phenoxy) is 2. The lowest BCUT2D eigenvalue weighted by Gasteiger charge is -2.43. The van der Waals surface area contributed by atoms with E-state index in [2.05, 4.69) is 5.10 Å². The Morgan fingerprint density at radius 3 is 3.00 bits per heavy atom. The molecule has 4 rings (SSSR count). The van der Waals surface area contributed by atoms with Gasteiger partial charge in [0.05, 0.1) is 13.2 Å². The highest BCUT2D eigenvalue weighted by molar-refractivity contribution is 5.57. The van der Waals surface area contributed by atoms with Gasteiger partial charge in [0.1, 0.15) is 11.6 Å². The molecule has 5 nitrogen and oxygen atoms in total. The number of aromatic nitrogens is 3. The zero-order chi connectivity index (χ0) is 15.9. The lowest BCUT2D eigenvalue weighted by molar-refractivity contribution is 0.0675. The number of hydrogen-bond acceptors (Lipinski definition) is 4. The van der Waals surface area contributed by atoms with Crippen LogP contribution in [0.1, 0.15) is 37.9 Å². The lowest BCUT2D eigenvalue weighted by atomic mass is 9.61. The van der Waals surface area contributed by atoms with Gasteiger partial charge < -0.3 is 9.47 Å². The molecule has 1 saturated heterocycles. The summed E-state index contributed by atoms with van der Waals surface area (Å²) in [6.07, 6.45) is 3.56. The van der Waals surface area contributed by atoms with Crippen LogP contribution in [0.4, 0.5) is 0 Å². The molecule has 2 heterocycles. The molecule has 23 heavy (non-hydrogen) atoms. The summed E-state index contributed by atoms with van der Waals surface area (Å²) >= 11 is 0. The van der Waals surface area contributed by atoms with Crippen molar-refractivity contribution in [2.45, 2.75) is 32.1 Å². The summed E-state index contributed by atoms with van der Waals surface area (Å²) in [7, 11) is 1.99. The van der Waals surface area contributed by atoms with E-state index in [4.69, 9.17) is 14.5 Å². The quantitative estimate of drug-likeness (QED) is 0.870. The largest absolute Gasteiger partial charge is 0.494 e. The van der Waals surface area contributed by atoms with Crippen LogP contribution in [0.3, 0.4) is 0 Å². The number of benzene rings is 1. The number of nitrogens with zero attached hydrogens (tertiary/aromatic N) is 3. The molecule has 1 aliphatic carbocycles. The van der Waals surface area contributed by atoms with Gasteiger partial charge in [-0.2, -0.15) is 5.10 Å². The molecule has 1 saturated carbocycles. The molecule has 1 aromatic heterocycles. The Balaban J connectivity index is 1.54. The first-order valence-corrected chi connectivity index (χ1v) is 8.41.